The zero-order valence-electron chi connectivity index (χ0n) is 31.0. The Kier molecular flexibility index (Phi) is 11.6. The summed E-state index contributed by atoms with van der Waals surface area (Å²) in [5.74, 6) is -1.75. The summed E-state index contributed by atoms with van der Waals surface area (Å²) in [5, 5.41) is 6.36. The molecule has 0 radical (unpaired) electrons. The van der Waals surface area contributed by atoms with Gasteiger partial charge in [0.1, 0.15) is 23.4 Å². The number of H-pyrrole nitrogens is 1. The van der Waals surface area contributed by atoms with E-state index >= 15 is 0 Å². The van der Waals surface area contributed by atoms with Crippen molar-refractivity contribution >= 4 is 44.6 Å². The van der Waals surface area contributed by atoms with E-state index in [1.165, 1.54) is 11.0 Å². The number of nitrogens with one attached hydrogen (secondary N) is 4. The van der Waals surface area contributed by atoms with Crippen LogP contribution < -0.4 is 25.7 Å². The quantitative estimate of drug-likeness (QED) is 0.185. The number of aromatic nitrogens is 1. The lowest BCUT2D eigenvalue weighted by Crippen LogP contribution is -2.59. The first kappa shape index (κ1) is 39.0. The van der Waals surface area contributed by atoms with Gasteiger partial charge in [-0.05, 0) is 98.8 Å². The zero-order chi connectivity index (χ0) is 38.8. The van der Waals surface area contributed by atoms with Gasteiger partial charge in [-0.15, -0.1) is 6.58 Å². The number of ether oxygens (including phenoxy) is 2. The molecular formula is C39H51N5O9S. The Morgan fingerprint density at radius 1 is 1.15 bits per heavy atom. The van der Waals surface area contributed by atoms with Gasteiger partial charge in [-0.1, -0.05) is 38.0 Å². The minimum Gasteiger partial charge on any atom is -0.496 e. The number of amides is 4. The van der Waals surface area contributed by atoms with Crippen LogP contribution in [0.15, 0.2) is 54.0 Å². The highest BCUT2D eigenvalue weighted by molar-refractivity contribution is 7.91. The summed E-state index contributed by atoms with van der Waals surface area (Å²) in [6, 6.07) is 3.61. The van der Waals surface area contributed by atoms with E-state index in [1.807, 2.05) is 25.1 Å². The first-order chi connectivity index (χ1) is 25.8. The molecule has 3 saturated carbocycles. The third-order valence-electron chi connectivity index (χ3n) is 11.3. The Labute approximate surface area is 315 Å². The zero-order valence-corrected chi connectivity index (χ0v) is 31.8. The molecule has 4 N–H and O–H groups in total. The van der Waals surface area contributed by atoms with Crippen LogP contribution in [0, 0.1) is 17.8 Å². The van der Waals surface area contributed by atoms with Crippen molar-refractivity contribution in [3.8, 4) is 5.75 Å². The van der Waals surface area contributed by atoms with Crippen LogP contribution in [0.1, 0.15) is 76.7 Å². The standard InChI is InChI=1S/C39H51N5O9S/c1-5-28-20-39(28,37(48)43-54(50,51)29-13-14-29)42-35(46)31-17-24(3)21-44(31)36(47)33(25-10-6-7-11-25)41-38(49)53-22-23(2)9-8-12-27-18-30-26(19-32(27)52-4)15-16-40-34(30)45/h5,15-16,18-19,23,25,28-29,31,33H,1,3,6-14,17,20-22H2,2,4H3,(H,40,45)(H,41,49)(H,42,46)(H,43,48)/t23-,28-,31+,33+,39-/m1/s1. The van der Waals surface area contributed by atoms with Gasteiger partial charge in [0, 0.05) is 24.0 Å². The molecule has 2 heterocycles. The van der Waals surface area contributed by atoms with Crippen LogP contribution in [-0.4, -0.2) is 85.3 Å². The highest BCUT2D eigenvalue weighted by Gasteiger charge is 2.61. The number of aryl methyl sites for hydroxylation is 1. The Hall–Kier alpha value is -4.66. The Morgan fingerprint density at radius 2 is 1.89 bits per heavy atom. The predicted molar refractivity (Wildman–Crippen MR) is 202 cm³/mol. The van der Waals surface area contributed by atoms with E-state index in [9.17, 15) is 32.4 Å². The van der Waals surface area contributed by atoms with Gasteiger partial charge in [-0.3, -0.25) is 23.9 Å². The minimum atomic E-state index is -3.85. The predicted octanol–water partition coefficient (Wildman–Crippen LogP) is 3.61. The Balaban J connectivity index is 1.05. The molecule has 1 aliphatic heterocycles. The molecule has 1 aromatic heterocycles. The second kappa shape index (κ2) is 16.0. The van der Waals surface area contributed by atoms with Crippen LogP contribution in [-0.2, 0) is 35.6 Å². The highest BCUT2D eigenvalue weighted by atomic mass is 32.2. The van der Waals surface area contributed by atoms with Crippen molar-refractivity contribution in [1.29, 1.82) is 0 Å². The van der Waals surface area contributed by atoms with Crippen molar-refractivity contribution in [2.24, 2.45) is 17.8 Å². The monoisotopic (exact) mass is 765 g/mol. The number of nitrogens with zero attached hydrogens (tertiary/aromatic N) is 1. The fraction of sp³-hybridized carbons (Fsp3) is 0.564. The lowest BCUT2D eigenvalue weighted by molar-refractivity contribution is -0.141. The van der Waals surface area contributed by atoms with Gasteiger partial charge >= 0.3 is 6.09 Å². The van der Waals surface area contributed by atoms with E-state index in [0.29, 0.717) is 36.0 Å². The van der Waals surface area contributed by atoms with Crippen LogP contribution in [0.3, 0.4) is 0 Å². The molecule has 6 rings (SSSR count). The number of hydrogen-bond acceptors (Lipinski definition) is 9. The van der Waals surface area contributed by atoms with E-state index in [4.69, 9.17) is 9.47 Å². The maximum absolute atomic E-state index is 14.2. The lowest BCUT2D eigenvalue weighted by Gasteiger charge is -2.32. The second-order valence-corrected chi connectivity index (χ2v) is 17.4. The molecule has 2 aromatic rings. The van der Waals surface area contributed by atoms with E-state index in [0.717, 1.165) is 49.5 Å². The molecule has 0 bridgehead atoms. The van der Waals surface area contributed by atoms with Gasteiger partial charge < -0.3 is 30.0 Å². The van der Waals surface area contributed by atoms with Gasteiger partial charge in [0.2, 0.25) is 21.8 Å². The summed E-state index contributed by atoms with van der Waals surface area (Å²) in [5.41, 5.74) is -0.0870. The number of fused-ring (bicyclic) bond motifs is 1. The number of hydrogen-bond donors (Lipinski definition) is 4. The summed E-state index contributed by atoms with van der Waals surface area (Å²) in [6.07, 6.45) is 9.11. The normalized spacial score (nSPS) is 23.7. The molecule has 4 amide bonds. The smallest absolute Gasteiger partial charge is 0.407 e. The molecule has 14 nitrogen and oxygen atoms in total. The summed E-state index contributed by atoms with van der Waals surface area (Å²) < 4.78 is 38.4. The number of carbonyl (C=O) groups excluding carboxylic acids is 4. The molecule has 4 fully saturated rings. The third-order valence-corrected chi connectivity index (χ3v) is 13.1. The molecule has 1 aromatic carbocycles. The van der Waals surface area contributed by atoms with Crippen molar-refractivity contribution < 1.29 is 37.1 Å². The van der Waals surface area contributed by atoms with Gasteiger partial charge in [0.25, 0.3) is 11.5 Å². The molecule has 0 unspecified atom stereocenters. The van der Waals surface area contributed by atoms with Crippen molar-refractivity contribution in [3.05, 3.63) is 65.1 Å². The maximum atomic E-state index is 14.2. The third kappa shape index (κ3) is 8.50. The Morgan fingerprint density at radius 3 is 2.56 bits per heavy atom. The van der Waals surface area contributed by atoms with Crippen molar-refractivity contribution in [1.82, 2.24) is 25.2 Å². The van der Waals surface area contributed by atoms with Gasteiger partial charge in [-0.25, -0.2) is 13.2 Å². The van der Waals surface area contributed by atoms with Crippen LogP contribution in [0.2, 0.25) is 0 Å². The molecule has 0 spiro atoms. The van der Waals surface area contributed by atoms with E-state index in [1.54, 1.807) is 13.3 Å². The second-order valence-electron chi connectivity index (χ2n) is 15.4. The number of methoxy groups -OCH3 is 1. The number of sulfonamides is 1. The molecule has 1 saturated heterocycles. The number of rotatable bonds is 16. The van der Waals surface area contributed by atoms with Crippen LogP contribution in [0.4, 0.5) is 4.79 Å². The summed E-state index contributed by atoms with van der Waals surface area (Å²) in [4.78, 5) is 70.9. The molecule has 4 aliphatic rings. The average Bonchev–Trinajstić information content (AvgIpc) is 4.02. The lowest BCUT2D eigenvalue weighted by atomic mass is 9.96. The molecule has 15 heteroatoms. The van der Waals surface area contributed by atoms with Gasteiger partial charge in [-0.2, -0.15) is 0 Å². The number of aromatic amines is 1. The fourth-order valence-electron chi connectivity index (χ4n) is 7.89. The largest absolute Gasteiger partial charge is 0.496 e. The maximum Gasteiger partial charge on any atom is 0.407 e. The molecule has 54 heavy (non-hydrogen) atoms. The van der Waals surface area contributed by atoms with E-state index in [2.05, 4.69) is 33.5 Å². The number of pyridine rings is 1. The molecule has 5 atom stereocenters. The van der Waals surface area contributed by atoms with Gasteiger partial charge in [0.15, 0.2) is 0 Å². The number of carbonyl (C=O) groups is 4. The number of likely N-dealkylation sites (tertiary alicyclic amines) is 1. The first-order valence-electron chi connectivity index (χ1n) is 18.9. The van der Waals surface area contributed by atoms with Crippen LogP contribution in [0.25, 0.3) is 10.8 Å². The minimum absolute atomic E-state index is 0.00631. The number of benzene rings is 1. The highest BCUT2D eigenvalue weighted by Crippen LogP contribution is 2.45. The molecule has 3 aliphatic carbocycles. The summed E-state index contributed by atoms with van der Waals surface area (Å²) >= 11 is 0. The average molecular weight is 766 g/mol. The SMILES string of the molecule is C=C[C@@H]1C[C@]1(NC(=O)[C@@H]1CC(=C)CN1C(=O)[C@@H](NC(=O)OC[C@H](C)CCCc1cc2c(=O)[nH]ccc2cc1OC)C1CCCC1)C(=O)NS(=O)(=O)C1CC1. The molecule has 292 valence electrons. The first-order valence-corrected chi connectivity index (χ1v) is 20.4. The van der Waals surface area contributed by atoms with E-state index < -0.39 is 62.6 Å². The van der Waals surface area contributed by atoms with Crippen LogP contribution in [0.5, 0.6) is 5.75 Å². The summed E-state index contributed by atoms with van der Waals surface area (Å²) in [6.45, 7) is 9.97. The van der Waals surface area contributed by atoms with Crippen LogP contribution >= 0.6 is 0 Å². The topological polar surface area (TPSA) is 193 Å². The summed E-state index contributed by atoms with van der Waals surface area (Å²) in [7, 11) is -2.25. The fourth-order valence-corrected chi connectivity index (χ4v) is 9.25. The Bertz CT molecular complexity index is 1990. The van der Waals surface area contributed by atoms with E-state index in [-0.39, 0.29) is 43.4 Å². The van der Waals surface area contributed by atoms with Crippen molar-refractivity contribution in [2.75, 3.05) is 20.3 Å². The number of alkyl carbamates (subject to hydrolysis) is 1. The van der Waals surface area contributed by atoms with Gasteiger partial charge in [0.05, 0.1) is 19.0 Å². The van der Waals surface area contributed by atoms with Crippen molar-refractivity contribution in [3.63, 3.8) is 0 Å². The molecular weight excluding hydrogens is 715 g/mol. The van der Waals surface area contributed by atoms with Crippen molar-refractivity contribution in [2.45, 2.75) is 100 Å².